The highest BCUT2D eigenvalue weighted by atomic mass is 32.1. The minimum absolute atomic E-state index is 0.0336. The van der Waals surface area contributed by atoms with Gasteiger partial charge in [0.1, 0.15) is 17.1 Å². The average Bonchev–Trinajstić information content (AvgIpc) is 2.42. The summed E-state index contributed by atoms with van der Waals surface area (Å²) in [5.41, 5.74) is 6.32. The van der Waals surface area contributed by atoms with Crippen molar-refractivity contribution < 1.29 is 9.47 Å². The molecule has 19 heavy (non-hydrogen) atoms. The molecule has 5 nitrogen and oxygen atoms in total. The maximum absolute atomic E-state index is 8.88. The predicted octanol–water partition coefficient (Wildman–Crippen LogP) is 1.79. The van der Waals surface area contributed by atoms with Crippen molar-refractivity contribution in [2.24, 2.45) is 5.73 Å². The molecular weight excluding hydrogens is 262 g/mol. The molecule has 0 radical (unpaired) electrons. The molecule has 0 atom stereocenters. The van der Waals surface area contributed by atoms with Gasteiger partial charge in [-0.05, 0) is 23.8 Å². The first-order valence-electron chi connectivity index (χ1n) is 5.21. The van der Waals surface area contributed by atoms with Crippen molar-refractivity contribution in [2.75, 3.05) is 13.7 Å². The van der Waals surface area contributed by atoms with Crippen molar-refractivity contribution in [3.63, 3.8) is 0 Å². The molecule has 1 rings (SSSR count). The van der Waals surface area contributed by atoms with Crippen LogP contribution in [0.2, 0.25) is 0 Å². The van der Waals surface area contributed by atoms with Crippen LogP contribution < -0.4 is 15.2 Å². The average molecular weight is 273 g/mol. The fourth-order valence-electron chi connectivity index (χ4n) is 1.33. The Morgan fingerprint density at radius 2 is 2.16 bits per heavy atom. The third-order valence-corrected chi connectivity index (χ3v) is 2.40. The van der Waals surface area contributed by atoms with E-state index in [9.17, 15) is 0 Å². The quantitative estimate of drug-likeness (QED) is 0.499. The van der Waals surface area contributed by atoms with Crippen LogP contribution in [0.3, 0.4) is 0 Å². The van der Waals surface area contributed by atoms with Gasteiger partial charge in [0, 0.05) is 0 Å². The number of nitrogens with zero attached hydrogens (tertiary/aromatic N) is 2. The van der Waals surface area contributed by atoms with Gasteiger partial charge in [-0.15, -0.1) is 0 Å². The SMILES string of the molecule is COc1cc(C=C(C#N)C(N)=S)ccc1OCC#N. The Kier molecular flexibility index (Phi) is 5.34. The number of hydrogen-bond donors (Lipinski definition) is 1. The van der Waals surface area contributed by atoms with Crippen LogP contribution in [0.15, 0.2) is 23.8 Å². The van der Waals surface area contributed by atoms with Crippen molar-refractivity contribution in [3.8, 4) is 23.6 Å². The standard InChI is InChI=1S/C13H11N3O2S/c1-17-12-7-9(6-10(8-15)13(16)19)2-3-11(12)18-5-4-14/h2-3,6-7H,5H2,1H3,(H2,16,19). The van der Waals surface area contributed by atoms with Gasteiger partial charge >= 0.3 is 0 Å². The lowest BCUT2D eigenvalue weighted by atomic mass is 10.1. The minimum Gasteiger partial charge on any atom is -0.493 e. The number of hydrogen-bond acceptors (Lipinski definition) is 5. The fourth-order valence-corrected chi connectivity index (χ4v) is 1.43. The summed E-state index contributed by atoms with van der Waals surface area (Å²) in [6, 6.07) is 8.82. The largest absolute Gasteiger partial charge is 0.493 e. The van der Waals surface area contributed by atoms with E-state index in [0.29, 0.717) is 17.1 Å². The zero-order chi connectivity index (χ0) is 14.3. The van der Waals surface area contributed by atoms with Gasteiger partial charge in [0.15, 0.2) is 18.1 Å². The number of nitrogens with two attached hydrogens (primary N) is 1. The minimum atomic E-state index is -0.0676. The normalized spacial score (nSPS) is 10.2. The monoisotopic (exact) mass is 273 g/mol. The van der Waals surface area contributed by atoms with Gasteiger partial charge in [0.05, 0.1) is 12.7 Å². The lowest BCUT2D eigenvalue weighted by Crippen LogP contribution is -2.09. The Balaban J connectivity index is 3.11. The van der Waals surface area contributed by atoms with Crippen molar-refractivity contribution in [1.82, 2.24) is 0 Å². The summed E-state index contributed by atoms with van der Waals surface area (Å²) in [4.78, 5) is 0.0336. The summed E-state index contributed by atoms with van der Waals surface area (Å²) in [5, 5.41) is 17.3. The Hall–Kier alpha value is -2.57. The molecule has 0 unspecified atom stereocenters. The van der Waals surface area contributed by atoms with E-state index in [0.717, 1.165) is 0 Å². The summed E-state index contributed by atoms with van der Waals surface area (Å²) < 4.78 is 10.3. The molecule has 6 heteroatoms. The number of benzene rings is 1. The molecule has 0 heterocycles. The molecule has 0 aromatic heterocycles. The fraction of sp³-hybridized carbons (Fsp3) is 0.154. The number of rotatable bonds is 5. The van der Waals surface area contributed by atoms with Gasteiger partial charge in [0.2, 0.25) is 0 Å². The smallest absolute Gasteiger partial charge is 0.174 e. The molecule has 96 valence electrons. The molecule has 0 amide bonds. The van der Waals surface area contributed by atoms with Crippen LogP contribution in [0.5, 0.6) is 11.5 Å². The van der Waals surface area contributed by atoms with E-state index in [-0.39, 0.29) is 17.2 Å². The number of ether oxygens (including phenoxy) is 2. The topological polar surface area (TPSA) is 92.1 Å². The Morgan fingerprint density at radius 3 is 2.68 bits per heavy atom. The van der Waals surface area contributed by atoms with Crippen LogP contribution in [0.1, 0.15) is 5.56 Å². The zero-order valence-electron chi connectivity index (χ0n) is 10.2. The zero-order valence-corrected chi connectivity index (χ0v) is 11.0. The summed E-state index contributed by atoms with van der Waals surface area (Å²) in [6.07, 6.45) is 1.55. The van der Waals surface area contributed by atoms with Crippen LogP contribution in [-0.2, 0) is 0 Å². The van der Waals surface area contributed by atoms with Crippen LogP contribution in [0, 0.1) is 22.7 Å². The van der Waals surface area contributed by atoms with Gasteiger partial charge in [-0.3, -0.25) is 0 Å². The van der Waals surface area contributed by atoms with Gasteiger partial charge in [-0.2, -0.15) is 10.5 Å². The van der Waals surface area contributed by atoms with E-state index in [1.807, 2.05) is 12.1 Å². The molecule has 0 saturated heterocycles. The third-order valence-electron chi connectivity index (χ3n) is 2.18. The summed E-state index contributed by atoms with van der Waals surface area (Å²) in [7, 11) is 1.49. The Labute approximate surface area is 116 Å². The molecule has 0 spiro atoms. The molecule has 2 N–H and O–H groups in total. The van der Waals surface area contributed by atoms with Crippen LogP contribution in [0.4, 0.5) is 0 Å². The van der Waals surface area contributed by atoms with Crippen molar-refractivity contribution in [2.45, 2.75) is 0 Å². The van der Waals surface area contributed by atoms with E-state index in [1.54, 1.807) is 24.3 Å². The van der Waals surface area contributed by atoms with Crippen LogP contribution in [0.25, 0.3) is 6.08 Å². The highest BCUT2D eigenvalue weighted by molar-refractivity contribution is 7.80. The molecule has 1 aromatic carbocycles. The van der Waals surface area contributed by atoms with Crippen molar-refractivity contribution >= 4 is 23.3 Å². The van der Waals surface area contributed by atoms with E-state index < -0.39 is 0 Å². The van der Waals surface area contributed by atoms with E-state index in [4.69, 9.17) is 37.9 Å². The van der Waals surface area contributed by atoms with Gasteiger partial charge < -0.3 is 15.2 Å². The molecule has 0 saturated carbocycles. The first kappa shape index (κ1) is 14.5. The second-order valence-corrected chi connectivity index (χ2v) is 3.83. The molecule has 0 aliphatic rings. The van der Waals surface area contributed by atoms with E-state index in [2.05, 4.69) is 0 Å². The molecule has 0 fully saturated rings. The molecule has 0 bridgehead atoms. The van der Waals surface area contributed by atoms with E-state index >= 15 is 0 Å². The second-order valence-electron chi connectivity index (χ2n) is 3.39. The molecule has 0 aliphatic carbocycles. The highest BCUT2D eigenvalue weighted by Gasteiger charge is 2.06. The first-order chi connectivity index (χ1) is 9.12. The molecule has 1 aromatic rings. The number of methoxy groups -OCH3 is 1. The molecule has 0 aliphatic heterocycles. The third kappa shape index (κ3) is 3.98. The van der Waals surface area contributed by atoms with Crippen molar-refractivity contribution in [1.29, 1.82) is 10.5 Å². The van der Waals surface area contributed by atoms with Crippen molar-refractivity contribution in [3.05, 3.63) is 29.3 Å². The van der Waals surface area contributed by atoms with Crippen LogP contribution >= 0.6 is 12.2 Å². The number of thiocarbonyl (C=S) groups is 1. The van der Waals surface area contributed by atoms with Crippen LogP contribution in [-0.4, -0.2) is 18.7 Å². The summed E-state index contributed by atoms with van der Waals surface area (Å²) in [6.45, 7) is -0.0676. The Bertz CT molecular complexity index is 597. The predicted molar refractivity (Wildman–Crippen MR) is 74.5 cm³/mol. The molecular formula is C13H11N3O2S. The second kappa shape index (κ2) is 7.00. The first-order valence-corrected chi connectivity index (χ1v) is 5.62. The summed E-state index contributed by atoms with van der Waals surface area (Å²) in [5.74, 6) is 0.916. The maximum Gasteiger partial charge on any atom is 0.174 e. The Morgan fingerprint density at radius 1 is 1.42 bits per heavy atom. The highest BCUT2D eigenvalue weighted by Crippen LogP contribution is 2.28. The maximum atomic E-state index is 8.88. The van der Waals surface area contributed by atoms with Gasteiger partial charge in [-0.1, -0.05) is 18.3 Å². The van der Waals surface area contributed by atoms with Gasteiger partial charge in [-0.25, -0.2) is 0 Å². The number of nitriles is 2. The lowest BCUT2D eigenvalue weighted by Gasteiger charge is -2.09. The van der Waals surface area contributed by atoms with E-state index in [1.165, 1.54) is 7.11 Å². The lowest BCUT2D eigenvalue weighted by molar-refractivity contribution is 0.329. The van der Waals surface area contributed by atoms with Gasteiger partial charge in [0.25, 0.3) is 0 Å². The summed E-state index contributed by atoms with van der Waals surface area (Å²) >= 11 is 4.75.